The van der Waals surface area contributed by atoms with E-state index in [0.717, 1.165) is 22.8 Å². The summed E-state index contributed by atoms with van der Waals surface area (Å²) in [7, 11) is 0. The molecule has 0 saturated heterocycles. The number of hydrogen-bond donors (Lipinski definition) is 0. The summed E-state index contributed by atoms with van der Waals surface area (Å²) in [5.41, 5.74) is 2.51. The first-order chi connectivity index (χ1) is 11.1. The first kappa shape index (κ1) is 18.4. The molecule has 0 fully saturated rings. The van der Waals surface area contributed by atoms with Crippen LogP contribution in [-0.2, 0) is 32.7 Å². The maximum Gasteiger partial charge on any atom is 0.416 e. The number of halogens is 3. The van der Waals surface area contributed by atoms with Crippen LogP contribution in [-0.4, -0.2) is 4.98 Å². The molecule has 0 bridgehead atoms. The number of fused-ring (bicyclic) bond motifs is 3. The molecule has 1 aromatic heterocycles. The molecule has 2 aromatic carbocycles. The van der Waals surface area contributed by atoms with Crippen molar-refractivity contribution in [3.05, 3.63) is 89.7 Å². The van der Waals surface area contributed by atoms with Gasteiger partial charge in [0.05, 0.1) is 5.56 Å². The van der Waals surface area contributed by atoms with Gasteiger partial charge < -0.3 is 0 Å². The van der Waals surface area contributed by atoms with Crippen molar-refractivity contribution in [2.24, 2.45) is 0 Å². The molecule has 0 amide bonds. The van der Waals surface area contributed by atoms with Crippen LogP contribution in [0.25, 0.3) is 11.1 Å². The summed E-state index contributed by atoms with van der Waals surface area (Å²) in [4.78, 5) is 3.78. The van der Waals surface area contributed by atoms with E-state index in [-0.39, 0.29) is 20.1 Å². The normalized spacial score (nSPS) is 11.5. The first-order valence-electron chi connectivity index (χ1n) is 7.20. The van der Waals surface area contributed by atoms with Crippen molar-refractivity contribution in [3.8, 4) is 11.1 Å². The first-order valence-corrected chi connectivity index (χ1v) is 7.20. The van der Waals surface area contributed by atoms with Crippen molar-refractivity contribution >= 4 is 0 Å². The minimum absolute atomic E-state index is 0. The molecule has 0 unspecified atom stereocenters. The Balaban J connectivity index is 0.000000254. The molecule has 0 spiro atoms. The van der Waals surface area contributed by atoms with Gasteiger partial charge in [-0.05, 0) is 46.9 Å². The molecule has 0 atom stereocenters. The fourth-order valence-electron chi connectivity index (χ4n) is 2.74. The molecular weight excluding hydrogens is 491 g/mol. The Bertz CT molecular complexity index is 774. The summed E-state index contributed by atoms with van der Waals surface area (Å²) < 4.78 is 38.6. The van der Waals surface area contributed by atoms with Crippen LogP contribution < -0.4 is 0 Å². The van der Waals surface area contributed by atoms with Gasteiger partial charge in [-0.25, -0.2) is 0 Å². The third-order valence-corrected chi connectivity index (χ3v) is 3.72. The second-order valence-electron chi connectivity index (χ2n) is 5.19. The average molecular weight is 506 g/mol. The van der Waals surface area contributed by atoms with Crippen LogP contribution in [0.4, 0.5) is 13.2 Å². The van der Waals surface area contributed by atoms with Crippen molar-refractivity contribution in [2.75, 3.05) is 0 Å². The van der Waals surface area contributed by atoms with Crippen LogP contribution in [0.2, 0.25) is 0 Å². The topological polar surface area (TPSA) is 12.9 Å². The van der Waals surface area contributed by atoms with Gasteiger partial charge in [0.2, 0.25) is 0 Å². The predicted octanol–water partition coefficient (Wildman–Crippen LogP) is 5.36. The van der Waals surface area contributed by atoms with E-state index >= 15 is 0 Å². The summed E-state index contributed by atoms with van der Waals surface area (Å²) in [6, 6.07) is 17.6. The zero-order valence-electron chi connectivity index (χ0n) is 12.5. The fraction of sp³-hybridized carbons (Fsp3) is 0.105. The number of alkyl halides is 3. The van der Waals surface area contributed by atoms with Crippen LogP contribution in [0.3, 0.4) is 0 Å². The van der Waals surface area contributed by atoms with Crippen molar-refractivity contribution in [2.45, 2.75) is 12.6 Å². The summed E-state index contributed by atoms with van der Waals surface area (Å²) in [5.74, 6) is 0. The molecule has 0 saturated carbocycles. The van der Waals surface area contributed by atoms with E-state index < -0.39 is 11.7 Å². The van der Waals surface area contributed by atoms with Gasteiger partial charge in [-0.3, -0.25) is 4.98 Å². The molecule has 5 heteroatoms. The molecule has 1 heterocycles. The van der Waals surface area contributed by atoms with Gasteiger partial charge >= 0.3 is 6.18 Å². The Kier molecular flexibility index (Phi) is 5.92. The van der Waals surface area contributed by atoms with Crippen LogP contribution in [0, 0.1) is 0 Å². The minimum atomic E-state index is -4.27. The maximum atomic E-state index is 12.9. The number of pyridine rings is 1. The van der Waals surface area contributed by atoms with Crippen LogP contribution in [0.1, 0.15) is 16.7 Å². The van der Waals surface area contributed by atoms with Gasteiger partial charge in [-0.15, -0.1) is 0 Å². The average Bonchev–Trinajstić information content (AvgIpc) is 2.94. The third kappa shape index (κ3) is 3.92. The Morgan fingerprint density at radius 3 is 2.00 bits per heavy atom. The van der Waals surface area contributed by atoms with Gasteiger partial charge in [0.25, 0.3) is 0 Å². The second kappa shape index (κ2) is 7.73. The summed E-state index contributed by atoms with van der Waals surface area (Å²) >= 11 is 0. The maximum absolute atomic E-state index is 12.9. The van der Waals surface area contributed by atoms with Crippen LogP contribution >= 0.6 is 0 Å². The minimum Gasteiger partial charge on any atom is -0.265 e. The van der Waals surface area contributed by atoms with Gasteiger partial charge in [0.15, 0.2) is 0 Å². The van der Waals surface area contributed by atoms with Crippen molar-refractivity contribution in [1.82, 2.24) is 4.98 Å². The predicted molar refractivity (Wildman–Crippen MR) is 83.9 cm³/mol. The van der Waals surface area contributed by atoms with Crippen LogP contribution in [0.5, 0.6) is 0 Å². The van der Waals surface area contributed by atoms with Gasteiger partial charge in [0, 0.05) is 32.5 Å². The molecular formula is C19H14F3IrN. The Morgan fingerprint density at radius 2 is 1.42 bits per heavy atom. The molecule has 4 rings (SSSR count). The Labute approximate surface area is 151 Å². The third-order valence-electron chi connectivity index (χ3n) is 3.72. The monoisotopic (exact) mass is 506 g/mol. The van der Waals surface area contributed by atoms with Crippen molar-refractivity contribution in [3.63, 3.8) is 0 Å². The molecule has 125 valence electrons. The van der Waals surface area contributed by atoms with E-state index in [1.165, 1.54) is 6.07 Å². The van der Waals surface area contributed by atoms with E-state index in [2.05, 4.69) is 4.98 Å². The molecule has 3 aromatic rings. The Morgan fingerprint density at radius 1 is 0.750 bits per heavy atom. The number of hydrogen-bond acceptors (Lipinski definition) is 1. The molecule has 1 radical (unpaired) electrons. The number of rotatable bonds is 0. The molecule has 0 aliphatic heterocycles. The zero-order chi connectivity index (χ0) is 16.3. The molecule has 1 nitrogen and oxygen atoms in total. The molecule has 1 aliphatic carbocycles. The van der Waals surface area contributed by atoms with Gasteiger partial charge in [0.1, 0.15) is 0 Å². The molecule has 1 aliphatic rings. The van der Waals surface area contributed by atoms with Crippen molar-refractivity contribution in [1.29, 1.82) is 0 Å². The SMILES string of the molecule is FC(F)(F)c1cccc2c1Cc1ccccc1-2.[Ir].c1ccncc1. The van der Waals surface area contributed by atoms with Gasteiger partial charge in [-0.1, -0.05) is 42.5 Å². The van der Waals surface area contributed by atoms with E-state index in [1.54, 1.807) is 18.5 Å². The van der Waals surface area contributed by atoms with Crippen molar-refractivity contribution < 1.29 is 33.3 Å². The zero-order valence-corrected chi connectivity index (χ0v) is 14.9. The molecule has 24 heavy (non-hydrogen) atoms. The van der Waals surface area contributed by atoms with Gasteiger partial charge in [-0.2, -0.15) is 13.2 Å². The molecule has 0 N–H and O–H groups in total. The number of nitrogens with zero attached hydrogens (tertiary/aromatic N) is 1. The number of aromatic nitrogens is 1. The number of benzene rings is 2. The van der Waals surface area contributed by atoms with E-state index in [9.17, 15) is 13.2 Å². The second-order valence-corrected chi connectivity index (χ2v) is 5.19. The van der Waals surface area contributed by atoms with E-state index in [4.69, 9.17) is 0 Å². The fourth-order valence-corrected chi connectivity index (χ4v) is 2.74. The largest absolute Gasteiger partial charge is 0.416 e. The standard InChI is InChI=1S/C14H9F3.C5H5N.Ir/c15-14(16,17)13-7-3-6-11-10-5-2-1-4-9(10)8-12(11)13;1-2-4-6-5-3-1;/h1-7H,8H2;1-5H;. The smallest absolute Gasteiger partial charge is 0.265 e. The summed E-state index contributed by atoms with van der Waals surface area (Å²) in [6.07, 6.45) is -0.394. The quantitative estimate of drug-likeness (QED) is 0.314. The summed E-state index contributed by atoms with van der Waals surface area (Å²) in [5, 5.41) is 0. The Hall–Kier alpha value is -1.97. The summed E-state index contributed by atoms with van der Waals surface area (Å²) in [6.45, 7) is 0. The van der Waals surface area contributed by atoms with E-state index in [1.807, 2.05) is 42.5 Å². The van der Waals surface area contributed by atoms with E-state index in [0.29, 0.717) is 12.0 Å². The van der Waals surface area contributed by atoms with Crippen LogP contribution in [0.15, 0.2) is 73.1 Å².